The Morgan fingerprint density at radius 1 is 1.25 bits per heavy atom. The minimum Gasteiger partial charge on any atom is -0.454 e. The molecule has 4 rings (SSSR count). The summed E-state index contributed by atoms with van der Waals surface area (Å²) >= 11 is 1.47. The predicted molar refractivity (Wildman–Crippen MR) is 105 cm³/mol. The molecule has 0 fully saturated rings. The molecular formula is C19H21N5O3S. The molecule has 0 saturated carbocycles. The highest BCUT2D eigenvalue weighted by molar-refractivity contribution is 7.98. The van der Waals surface area contributed by atoms with Gasteiger partial charge in [0.1, 0.15) is 0 Å². The van der Waals surface area contributed by atoms with Gasteiger partial charge in [-0.05, 0) is 44.2 Å². The number of benzene rings is 1. The van der Waals surface area contributed by atoms with Crippen molar-refractivity contribution in [2.24, 2.45) is 0 Å². The van der Waals surface area contributed by atoms with Crippen LogP contribution in [-0.4, -0.2) is 45.1 Å². The average Bonchev–Trinajstić information content (AvgIpc) is 3.31. The lowest BCUT2D eigenvalue weighted by atomic mass is 10.1. The zero-order valence-corrected chi connectivity index (χ0v) is 16.8. The third-order valence-corrected chi connectivity index (χ3v) is 5.26. The van der Waals surface area contributed by atoms with E-state index < -0.39 is 0 Å². The molecule has 0 aliphatic carbocycles. The summed E-state index contributed by atoms with van der Waals surface area (Å²) in [5.41, 5.74) is 3.66. The predicted octanol–water partition coefficient (Wildman–Crippen LogP) is 2.09. The van der Waals surface area contributed by atoms with Gasteiger partial charge in [0.2, 0.25) is 17.9 Å². The van der Waals surface area contributed by atoms with Crippen LogP contribution in [0.5, 0.6) is 11.5 Å². The van der Waals surface area contributed by atoms with E-state index in [-0.39, 0.29) is 19.1 Å². The SMILES string of the molecule is CSc1nc2nc(C)c(CC(=O)NCCc3ccc4c(c3)OCO4)c(C)n2n1. The van der Waals surface area contributed by atoms with Crippen molar-refractivity contribution in [3.63, 3.8) is 0 Å². The van der Waals surface area contributed by atoms with Crippen LogP contribution in [-0.2, 0) is 17.6 Å². The number of thioether (sulfide) groups is 1. The zero-order valence-electron chi connectivity index (χ0n) is 16.0. The maximum Gasteiger partial charge on any atom is 0.253 e. The Morgan fingerprint density at radius 2 is 2.07 bits per heavy atom. The number of ether oxygens (including phenoxy) is 2. The second-order valence-corrected chi connectivity index (χ2v) is 7.31. The third-order valence-electron chi connectivity index (χ3n) is 4.72. The number of hydrogen-bond acceptors (Lipinski definition) is 7. The molecule has 1 N–H and O–H groups in total. The highest BCUT2D eigenvalue weighted by Gasteiger charge is 2.16. The van der Waals surface area contributed by atoms with Crippen molar-refractivity contribution in [1.29, 1.82) is 0 Å². The van der Waals surface area contributed by atoms with E-state index in [0.29, 0.717) is 17.5 Å². The Bertz CT molecular complexity index is 1050. The lowest BCUT2D eigenvalue weighted by Crippen LogP contribution is -2.28. The van der Waals surface area contributed by atoms with E-state index in [9.17, 15) is 4.79 Å². The van der Waals surface area contributed by atoms with Crippen molar-refractivity contribution in [1.82, 2.24) is 24.9 Å². The Morgan fingerprint density at radius 3 is 2.89 bits per heavy atom. The number of amides is 1. The van der Waals surface area contributed by atoms with Gasteiger partial charge in [0, 0.05) is 23.5 Å². The van der Waals surface area contributed by atoms with Gasteiger partial charge in [-0.15, -0.1) is 5.10 Å². The lowest BCUT2D eigenvalue weighted by molar-refractivity contribution is -0.120. The van der Waals surface area contributed by atoms with Crippen LogP contribution in [0.3, 0.4) is 0 Å². The number of hydrogen-bond donors (Lipinski definition) is 1. The fraction of sp³-hybridized carbons (Fsp3) is 0.368. The average molecular weight is 399 g/mol. The number of fused-ring (bicyclic) bond motifs is 2. The van der Waals surface area contributed by atoms with Crippen LogP contribution in [0.4, 0.5) is 0 Å². The number of nitrogens with zero attached hydrogens (tertiary/aromatic N) is 4. The molecular weight excluding hydrogens is 378 g/mol. The lowest BCUT2D eigenvalue weighted by Gasteiger charge is -2.11. The highest BCUT2D eigenvalue weighted by atomic mass is 32.2. The van der Waals surface area contributed by atoms with Gasteiger partial charge in [0.15, 0.2) is 11.5 Å². The molecule has 3 heterocycles. The molecule has 0 spiro atoms. The monoisotopic (exact) mass is 399 g/mol. The normalized spacial score (nSPS) is 12.5. The summed E-state index contributed by atoms with van der Waals surface area (Å²) in [6.07, 6.45) is 2.90. The zero-order chi connectivity index (χ0) is 19.7. The summed E-state index contributed by atoms with van der Waals surface area (Å²) in [4.78, 5) is 21.3. The van der Waals surface area contributed by atoms with Crippen molar-refractivity contribution in [2.45, 2.75) is 31.8 Å². The molecule has 0 bridgehead atoms. The summed E-state index contributed by atoms with van der Waals surface area (Å²) in [5, 5.41) is 8.07. The van der Waals surface area contributed by atoms with Crippen molar-refractivity contribution >= 4 is 23.4 Å². The van der Waals surface area contributed by atoms with Gasteiger partial charge in [-0.2, -0.15) is 4.98 Å². The molecule has 8 nitrogen and oxygen atoms in total. The fourth-order valence-corrected chi connectivity index (χ4v) is 3.53. The number of aromatic nitrogens is 4. The second kappa shape index (κ2) is 7.67. The van der Waals surface area contributed by atoms with E-state index in [4.69, 9.17) is 9.47 Å². The molecule has 0 unspecified atom stereocenters. The summed E-state index contributed by atoms with van der Waals surface area (Å²) in [7, 11) is 0. The van der Waals surface area contributed by atoms with Crippen LogP contribution in [0.2, 0.25) is 0 Å². The molecule has 1 aromatic carbocycles. The Hall–Kier alpha value is -2.81. The first-order valence-corrected chi connectivity index (χ1v) is 10.2. The van der Waals surface area contributed by atoms with Crippen LogP contribution in [0.15, 0.2) is 23.4 Å². The number of nitrogens with one attached hydrogen (secondary N) is 1. The molecule has 1 aliphatic heterocycles. The standard InChI is InChI=1S/C19H21N5O3S/c1-11-14(12(2)24-18(21-11)22-19(23-24)28-3)9-17(25)20-7-6-13-4-5-15-16(8-13)27-10-26-15/h4-5,8H,6-7,9-10H2,1-3H3,(H,20,25). The number of aryl methyl sites for hydroxylation is 2. The van der Waals surface area contributed by atoms with E-state index >= 15 is 0 Å². The van der Waals surface area contributed by atoms with Crippen molar-refractivity contribution in [2.75, 3.05) is 19.6 Å². The minimum absolute atomic E-state index is 0.0432. The summed E-state index contributed by atoms with van der Waals surface area (Å²) < 4.78 is 12.4. The van der Waals surface area contributed by atoms with E-state index in [0.717, 1.165) is 40.4 Å². The maximum absolute atomic E-state index is 12.5. The molecule has 1 aliphatic rings. The topological polar surface area (TPSA) is 90.6 Å². The summed E-state index contributed by atoms with van der Waals surface area (Å²) in [6.45, 7) is 4.65. The number of carbonyl (C=O) groups is 1. The molecule has 2 aromatic heterocycles. The Labute approximate surface area is 166 Å². The van der Waals surface area contributed by atoms with Crippen LogP contribution in [0.25, 0.3) is 5.78 Å². The van der Waals surface area contributed by atoms with E-state index in [2.05, 4.69) is 20.4 Å². The summed E-state index contributed by atoms with van der Waals surface area (Å²) in [5.74, 6) is 2.04. The van der Waals surface area contributed by atoms with Crippen molar-refractivity contribution in [3.05, 3.63) is 40.7 Å². The van der Waals surface area contributed by atoms with Gasteiger partial charge in [-0.1, -0.05) is 17.8 Å². The largest absolute Gasteiger partial charge is 0.454 e. The first-order valence-electron chi connectivity index (χ1n) is 8.97. The van der Waals surface area contributed by atoms with Crippen LogP contribution < -0.4 is 14.8 Å². The molecule has 0 saturated heterocycles. The molecule has 0 radical (unpaired) electrons. The van der Waals surface area contributed by atoms with Crippen LogP contribution in [0, 0.1) is 13.8 Å². The highest BCUT2D eigenvalue weighted by Crippen LogP contribution is 2.32. The molecule has 146 valence electrons. The first kappa shape index (κ1) is 18.5. The third kappa shape index (κ3) is 3.62. The molecule has 1 amide bonds. The van der Waals surface area contributed by atoms with Gasteiger partial charge in [0.25, 0.3) is 5.78 Å². The van der Waals surface area contributed by atoms with Gasteiger partial charge >= 0.3 is 0 Å². The van der Waals surface area contributed by atoms with Crippen molar-refractivity contribution in [3.8, 4) is 11.5 Å². The van der Waals surface area contributed by atoms with E-state index in [1.165, 1.54) is 11.8 Å². The first-order chi connectivity index (χ1) is 13.5. The van der Waals surface area contributed by atoms with Crippen LogP contribution in [0.1, 0.15) is 22.5 Å². The van der Waals surface area contributed by atoms with Gasteiger partial charge < -0.3 is 14.8 Å². The maximum atomic E-state index is 12.5. The molecule has 0 atom stereocenters. The van der Waals surface area contributed by atoms with Gasteiger partial charge in [-0.3, -0.25) is 4.79 Å². The minimum atomic E-state index is -0.0432. The number of rotatable bonds is 6. The van der Waals surface area contributed by atoms with Gasteiger partial charge in [0.05, 0.1) is 6.42 Å². The Kier molecular flexibility index (Phi) is 5.08. The van der Waals surface area contributed by atoms with E-state index in [1.54, 1.807) is 4.52 Å². The molecule has 3 aromatic rings. The van der Waals surface area contributed by atoms with Crippen LogP contribution >= 0.6 is 11.8 Å². The quantitative estimate of drug-likeness (QED) is 0.635. The van der Waals surface area contributed by atoms with E-state index in [1.807, 2.05) is 38.3 Å². The Balaban J connectivity index is 1.39. The van der Waals surface area contributed by atoms with Crippen molar-refractivity contribution < 1.29 is 14.3 Å². The smallest absolute Gasteiger partial charge is 0.253 e. The second-order valence-electron chi connectivity index (χ2n) is 6.54. The molecule has 9 heteroatoms. The van der Waals surface area contributed by atoms with Gasteiger partial charge in [-0.25, -0.2) is 9.50 Å². The number of carbonyl (C=O) groups excluding carboxylic acids is 1. The summed E-state index contributed by atoms with van der Waals surface area (Å²) in [6, 6.07) is 5.84. The molecule has 28 heavy (non-hydrogen) atoms. The fourth-order valence-electron chi connectivity index (χ4n) is 3.20.